The maximum absolute atomic E-state index is 15.7. The Balaban J connectivity index is 1.27. The number of pyridine rings is 1. The van der Waals surface area contributed by atoms with Crippen LogP contribution in [-0.4, -0.2) is 43.3 Å². The van der Waals surface area contributed by atoms with Crippen molar-refractivity contribution < 1.29 is 35.5 Å². The number of hydrogen-bond acceptors (Lipinski definition) is 7. The molecular weight excluding hydrogens is 652 g/mol. The summed E-state index contributed by atoms with van der Waals surface area (Å²) in [5.41, 5.74) is -2.20. The molecule has 0 radical (unpaired) electrons. The fourth-order valence-electron chi connectivity index (χ4n) is 7.00. The molecule has 2 heterocycles. The molecular formula is C34H28F4N4O5S. The topological polar surface area (TPSA) is 104 Å². The quantitative estimate of drug-likeness (QED) is 0.168. The average Bonchev–Trinajstić information content (AvgIpc) is 3.02. The smallest absolute Gasteiger partial charge is 0.394 e. The van der Waals surface area contributed by atoms with Crippen LogP contribution in [-0.2, 0) is 22.0 Å². The Labute approximate surface area is 272 Å². The van der Waals surface area contributed by atoms with E-state index in [1.165, 1.54) is 67.6 Å². The second kappa shape index (κ2) is 11.0. The van der Waals surface area contributed by atoms with Crippen LogP contribution in [0.2, 0.25) is 0 Å². The summed E-state index contributed by atoms with van der Waals surface area (Å²) in [5, 5.41) is 0.340. The third kappa shape index (κ3) is 4.88. The van der Waals surface area contributed by atoms with Crippen LogP contribution in [0.25, 0.3) is 16.6 Å². The molecule has 0 N–H and O–H groups in total. The van der Waals surface area contributed by atoms with E-state index in [4.69, 9.17) is 9.47 Å². The Kier molecular flexibility index (Phi) is 7.27. The van der Waals surface area contributed by atoms with Gasteiger partial charge in [-0.2, -0.15) is 13.2 Å². The van der Waals surface area contributed by atoms with Gasteiger partial charge in [0.15, 0.2) is 0 Å². The standard InChI is InChI=1S/C34H28F4N4O5S/c1-46-23-7-4-21(5-8-23)17-41(31-39-12-3-13-40-31)48(44,45)24-9-10-27-22(14-24)6-11-30(43)42(27)28-16-26(35)25(15-29(28)47-2)32-18-33(19-32,20-32)34(36,37)38/h3-16H,17-20H2,1-2H3. The molecule has 5 aromatic rings. The lowest BCUT2D eigenvalue weighted by Crippen LogP contribution is -2.70. The van der Waals surface area contributed by atoms with Gasteiger partial charge in [-0.15, -0.1) is 0 Å². The SMILES string of the molecule is COc1ccc(CN(c2ncccn2)S(=O)(=O)c2ccc3c(ccc(=O)n3-c3cc(F)c(C45CC(C(F)(F)F)(C4)C5)cc3OC)c2)cc1. The summed E-state index contributed by atoms with van der Waals surface area (Å²) < 4.78 is 97.4. The van der Waals surface area contributed by atoms with E-state index in [1.807, 2.05) is 0 Å². The van der Waals surface area contributed by atoms with Crippen molar-refractivity contribution in [1.29, 1.82) is 0 Å². The normalized spacial score (nSPS) is 20.1. The highest BCUT2D eigenvalue weighted by molar-refractivity contribution is 7.92. The molecule has 0 unspecified atom stereocenters. The van der Waals surface area contributed by atoms with Crippen LogP contribution in [0.3, 0.4) is 0 Å². The fraction of sp³-hybridized carbons (Fsp3) is 0.265. The number of ether oxygens (including phenoxy) is 2. The van der Waals surface area contributed by atoms with Gasteiger partial charge in [-0.05, 0) is 78.9 Å². The van der Waals surface area contributed by atoms with E-state index in [-0.39, 0.29) is 59.2 Å². The maximum Gasteiger partial charge on any atom is 0.394 e. The lowest BCUT2D eigenvalue weighted by atomic mass is 9.33. The van der Waals surface area contributed by atoms with Gasteiger partial charge in [-0.25, -0.2) is 27.1 Å². The molecule has 2 aromatic heterocycles. The number of hydrogen-bond donors (Lipinski definition) is 0. The zero-order chi connectivity index (χ0) is 34.1. The van der Waals surface area contributed by atoms with Gasteiger partial charge in [0, 0.05) is 35.3 Å². The Morgan fingerprint density at radius 2 is 1.60 bits per heavy atom. The van der Waals surface area contributed by atoms with Gasteiger partial charge in [0.1, 0.15) is 17.3 Å². The Morgan fingerprint density at radius 1 is 0.917 bits per heavy atom. The van der Waals surface area contributed by atoms with E-state index < -0.39 is 38.4 Å². The minimum absolute atomic E-state index is 0.0286. The summed E-state index contributed by atoms with van der Waals surface area (Å²) in [4.78, 5) is 21.5. The Morgan fingerprint density at radius 3 is 2.23 bits per heavy atom. The van der Waals surface area contributed by atoms with Gasteiger partial charge < -0.3 is 9.47 Å². The summed E-state index contributed by atoms with van der Waals surface area (Å²) >= 11 is 0. The van der Waals surface area contributed by atoms with Gasteiger partial charge >= 0.3 is 6.18 Å². The van der Waals surface area contributed by atoms with E-state index in [1.54, 1.807) is 30.3 Å². The molecule has 0 saturated heterocycles. The van der Waals surface area contributed by atoms with Crippen LogP contribution in [0, 0.1) is 11.2 Å². The van der Waals surface area contributed by atoms with Crippen molar-refractivity contribution in [3.63, 3.8) is 0 Å². The first-order valence-electron chi connectivity index (χ1n) is 14.8. The van der Waals surface area contributed by atoms with E-state index in [2.05, 4.69) is 9.97 Å². The van der Waals surface area contributed by atoms with Crippen LogP contribution < -0.4 is 19.3 Å². The van der Waals surface area contributed by atoms with E-state index >= 15 is 4.39 Å². The van der Waals surface area contributed by atoms with Gasteiger partial charge in [-0.3, -0.25) is 9.36 Å². The summed E-state index contributed by atoms with van der Waals surface area (Å²) in [6.45, 7) is -0.0950. The largest absolute Gasteiger partial charge is 0.497 e. The van der Waals surface area contributed by atoms with Crippen molar-refractivity contribution in [2.75, 3.05) is 18.5 Å². The first-order valence-corrected chi connectivity index (χ1v) is 16.3. The number of methoxy groups -OCH3 is 2. The molecule has 3 aliphatic carbocycles. The van der Waals surface area contributed by atoms with Gasteiger partial charge in [0.05, 0.1) is 42.3 Å². The monoisotopic (exact) mass is 680 g/mol. The van der Waals surface area contributed by atoms with Gasteiger partial charge in [-0.1, -0.05) is 12.1 Å². The number of halogens is 4. The number of anilines is 1. The van der Waals surface area contributed by atoms with Crippen molar-refractivity contribution in [1.82, 2.24) is 14.5 Å². The summed E-state index contributed by atoms with van der Waals surface area (Å²) in [5.74, 6) is -0.106. The zero-order valence-electron chi connectivity index (χ0n) is 25.7. The van der Waals surface area contributed by atoms with Crippen molar-refractivity contribution in [2.45, 2.75) is 42.3 Å². The second-order valence-corrected chi connectivity index (χ2v) is 14.1. The average molecular weight is 681 g/mol. The van der Waals surface area contributed by atoms with Crippen LogP contribution in [0.1, 0.15) is 30.4 Å². The molecule has 2 bridgehead atoms. The molecule has 48 heavy (non-hydrogen) atoms. The Hall–Kier alpha value is -4.98. The maximum atomic E-state index is 15.7. The number of sulfonamides is 1. The molecule has 8 rings (SSSR count). The van der Waals surface area contributed by atoms with Gasteiger partial charge in [0.2, 0.25) is 5.95 Å². The van der Waals surface area contributed by atoms with Crippen molar-refractivity contribution >= 4 is 26.9 Å². The first kappa shape index (κ1) is 31.6. The predicted molar refractivity (Wildman–Crippen MR) is 168 cm³/mol. The number of benzene rings is 3. The number of fused-ring (bicyclic) bond motifs is 1. The molecule has 0 amide bonds. The molecule has 3 aromatic carbocycles. The number of rotatable bonds is 9. The highest BCUT2D eigenvalue weighted by Gasteiger charge is 2.79. The summed E-state index contributed by atoms with van der Waals surface area (Å²) in [7, 11) is -1.42. The van der Waals surface area contributed by atoms with Crippen LogP contribution in [0.15, 0.2) is 94.9 Å². The number of nitrogens with zero attached hydrogens (tertiary/aromatic N) is 4. The van der Waals surface area contributed by atoms with E-state index in [0.717, 1.165) is 10.4 Å². The van der Waals surface area contributed by atoms with Crippen LogP contribution in [0.4, 0.5) is 23.5 Å². The Bertz CT molecular complexity index is 2210. The second-order valence-electron chi connectivity index (χ2n) is 12.2. The predicted octanol–water partition coefficient (Wildman–Crippen LogP) is 6.32. The van der Waals surface area contributed by atoms with E-state index in [0.29, 0.717) is 16.7 Å². The lowest BCUT2D eigenvalue weighted by molar-refractivity contribution is -0.337. The van der Waals surface area contributed by atoms with Crippen molar-refractivity contribution in [3.05, 3.63) is 112 Å². The molecule has 3 fully saturated rings. The molecule has 9 nitrogen and oxygen atoms in total. The van der Waals surface area contributed by atoms with E-state index in [9.17, 15) is 26.4 Å². The highest BCUT2D eigenvalue weighted by Crippen LogP contribution is 2.78. The summed E-state index contributed by atoms with van der Waals surface area (Å²) in [6.07, 6.45) is -2.08. The molecule has 0 spiro atoms. The molecule has 3 aliphatic rings. The molecule has 14 heteroatoms. The highest BCUT2D eigenvalue weighted by atomic mass is 32.2. The molecule has 3 saturated carbocycles. The number of alkyl halides is 3. The van der Waals surface area contributed by atoms with Crippen molar-refractivity contribution in [2.24, 2.45) is 5.41 Å². The van der Waals surface area contributed by atoms with Crippen LogP contribution in [0.5, 0.6) is 11.5 Å². The van der Waals surface area contributed by atoms with Gasteiger partial charge in [0.25, 0.3) is 15.6 Å². The number of aromatic nitrogens is 3. The molecule has 0 atom stereocenters. The zero-order valence-corrected chi connectivity index (χ0v) is 26.5. The molecule has 0 aliphatic heterocycles. The van der Waals surface area contributed by atoms with Crippen LogP contribution >= 0.6 is 0 Å². The minimum atomic E-state index is -4.35. The van der Waals surface area contributed by atoms with Crippen molar-refractivity contribution in [3.8, 4) is 17.2 Å². The minimum Gasteiger partial charge on any atom is -0.497 e. The third-order valence-electron chi connectivity index (χ3n) is 9.43. The summed E-state index contributed by atoms with van der Waals surface area (Å²) in [6, 6.07) is 17.7. The molecule has 248 valence electrons. The fourth-order valence-corrected chi connectivity index (χ4v) is 8.40. The lowest BCUT2D eigenvalue weighted by Gasteiger charge is -2.70. The third-order valence-corrected chi connectivity index (χ3v) is 11.1. The first-order chi connectivity index (χ1) is 22.8.